The maximum Gasteiger partial charge on any atom is 0.0707 e. The molecule has 0 amide bonds. The summed E-state index contributed by atoms with van der Waals surface area (Å²) in [4.78, 5) is 0. The average molecular weight is 362 g/mol. The fourth-order valence-corrected chi connectivity index (χ4v) is 3.47. The van der Waals surface area contributed by atoms with Crippen LogP contribution in [0, 0.1) is 0 Å². The molecule has 1 atom stereocenters. The van der Waals surface area contributed by atoms with Crippen LogP contribution in [0.3, 0.4) is 0 Å². The van der Waals surface area contributed by atoms with Crippen LogP contribution in [0.1, 0.15) is 65.7 Å². The Morgan fingerprint density at radius 1 is 1.40 bits per heavy atom. The third-order valence-electron chi connectivity index (χ3n) is 2.93. The summed E-state index contributed by atoms with van der Waals surface area (Å²) in [5, 5.41) is 8.18. The lowest BCUT2D eigenvalue weighted by Crippen LogP contribution is -2.29. The highest BCUT2D eigenvalue weighted by Crippen LogP contribution is 2.32. The summed E-state index contributed by atoms with van der Waals surface area (Å²) in [7, 11) is 0. The summed E-state index contributed by atoms with van der Waals surface area (Å²) in [6, 6.07) is 0.709. The summed E-state index contributed by atoms with van der Waals surface area (Å²) in [5.74, 6) is 1.06. The van der Waals surface area contributed by atoms with Crippen LogP contribution in [0.15, 0.2) is 10.7 Å². The summed E-state index contributed by atoms with van der Waals surface area (Å²) >= 11 is 5.66. The van der Waals surface area contributed by atoms with Crippen LogP contribution < -0.4 is 5.32 Å². The van der Waals surface area contributed by atoms with E-state index in [2.05, 4.69) is 72.6 Å². The van der Waals surface area contributed by atoms with Crippen LogP contribution in [0.4, 0.5) is 0 Å². The number of nitrogens with zero attached hydrogens (tertiary/aromatic N) is 2. The second-order valence-electron chi connectivity index (χ2n) is 6.35. The minimum atomic E-state index is 0.279. The molecule has 5 heteroatoms. The summed E-state index contributed by atoms with van der Waals surface area (Å²) in [5.41, 5.74) is 1.27. The first kappa shape index (κ1) is 18.1. The number of hydrogen-bond acceptors (Lipinski definition) is 3. The van der Waals surface area contributed by atoms with Crippen LogP contribution in [0.2, 0.25) is 0 Å². The second-order valence-corrected chi connectivity index (χ2v) is 9.05. The molecule has 3 nitrogen and oxygen atoms in total. The molecular weight excluding hydrogens is 334 g/mol. The van der Waals surface area contributed by atoms with E-state index in [9.17, 15) is 0 Å². The van der Waals surface area contributed by atoms with E-state index in [0.29, 0.717) is 12.1 Å². The molecule has 20 heavy (non-hydrogen) atoms. The summed E-state index contributed by atoms with van der Waals surface area (Å²) in [6.07, 6.45) is 3.06. The molecule has 0 saturated heterocycles. The highest BCUT2D eigenvalue weighted by atomic mass is 79.9. The minimum absolute atomic E-state index is 0.279. The third-order valence-corrected chi connectivity index (χ3v) is 4.91. The molecule has 1 aromatic rings. The zero-order valence-corrected chi connectivity index (χ0v) is 15.9. The lowest BCUT2D eigenvalue weighted by Gasteiger charge is -2.26. The fourth-order valence-electron chi connectivity index (χ4n) is 1.97. The molecule has 0 aromatic carbocycles. The van der Waals surface area contributed by atoms with E-state index in [0.717, 1.165) is 23.2 Å². The van der Waals surface area contributed by atoms with E-state index >= 15 is 0 Å². The SMILES string of the molecule is CCCNC(CSC(C)(C)C)c1c(Br)cnn1C(C)C. The number of hydrogen-bond donors (Lipinski definition) is 1. The van der Waals surface area contributed by atoms with Crippen molar-refractivity contribution >= 4 is 27.7 Å². The van der Waals surface area contributed by atoms with Gasteiger partial charge in [-0.05, 0) is 42.7 Å². The Kier molecular flexibility index (Phi) is 7.09. The predicted molar refractivity (Wildman–Crippen MR) is 93.6 cm³/mol. The van der Waals surface area contributed by atoms with Crippen molar-refractivity contribution in [1.29, 1.82) is 0 Å². The largest absolute Gasteiger partial charge is 0.308 e. The Hall–Kier alpha value is 0. The molecule has 0 aliphatic heterocycles. The van der Waals surface area contributed by atoms with E-state index in [4.69, 9.17) is 0 Å². The van der Waals surface area contributed by atoms with E-state index in [1.54, 1.807) is 0 Å². The lowest BCUT2D eigenvalue weighted by molar-refractivity contribution is 0.461. The molecule has 1 unspecified atom stereocenters. The maximum absolute atomic E-state index is 4.51. The van der Waals surface area contributed by atoms with Crippen molar-refractivity contribution in [2.75, 3.05) is 12.3 Å². The predicted octanol–water partition coefficient (Wildman–Crippen LogP) is 4.80. The highest BCUT2D eigenvalue weighted by molar-refractivity contribution is 9.10. The lowest BCUT2D eigenvalue weighted by atomic mass is 10.2. The smallest absolute Gasteiger partial charge is 0.0707 e. The van der Waals surface area contributed by atoms with E-state index in [1.807, 2.05) is 18.0 Å². The van der Waals surface area contributed by atoms with Gasteiger partial charge in [0.15, 0.2) is 0 Å². The summed E-state index contributed by atoms with van der Waals surface area (Å²) in [6.45, 7) is 14.4. The standard InChI is InChI=1S/C15H28BrN3S/c1-7-8-17-13(10-20-15(4,5)6)14-12(16)9-18-19(14)11(2)3/h9,11,13,17H,7-8,10H2,1-6H3. The van der Waals surface area contributed by atoms with Crippen LogP contribution >= 0.6 is 27.7 Å². The molecule has 0 saturated carbocycles. The quantitative estimate of drug-likeness (QED) is 0.756. The topological polar surface area (TPSA) is 29.9 Å². The van der Waals surface area contributed by atoms with Crippen molar-refractivity contribution in [2.24, 2.45) is 0 Å². The van der Waals surface area contributed by atoms with E-state index in [-0.39, 0.29) is 4.75 Å². The second kappa shape index (κ2) is 7.85. The number of nitrogens with one attached hydrogen (secondary N) is 1. The molecule has 0 spiro atoms. The van der Waals surface area contributed by atoms with Gasteiger partial charge in [0.1, 0.15) is 0 Å². The Balaban J connectivity index is 2.94. The van der Waals surface area contributed by atoms with Crippen molar-refractivity contribution in [3.63, 3.8) is 0 Å². The molecular formula is C15H28BrN3S. The first-order valence-corrected chi connectivity index (χ1v) is 9.14. The van der Waals surface area contributed by atoms with Crippen molar-refractivity contribution in [3.8, 4) is 0 Å². The van der Waals surface area contributed by atoms with Gasteiger partial charge in [-0.1, -0.05) is 27.7 Å². The number of rotatable bonds is 7. The normalized spacial score (nSPS) is 14.0. The van der Waals surface area contributed by atoms with Crippen molar-refractivity contribution in [3.05, 3.63) is 16.4 Å². The highest BCUT2D eigenvalue weighted by Gasteiger charge is 2.23. The first-order chi connectivity index (χ1) is 9.26. The molecule has 1 aromatic heterocycles. The van der Waals surface area contributed by atoms with Gasteiger partial charge in [-0.25, -0.2) is 0 Å². The van der Waals surface area contributed by atoms with Gasteiger partial charge in [-0.2, -0.15) is 16.9 Å². The van der Waals surface area contributed by atoms with Gasteiger partial charge < -0.3 is 5.32 Å². The Morgan fingerprint density at radius 2 is 2.05 bits per heavy atom. The Bertz CT molecular complexity index is 410. The van der Waals surface area contributed by atoms with Gasteiger partial charge in [0.2, 0.25) is 0 Å². The van der Waals surface area contributed by atoms with Crippen LogP contribution in [-0.4, -0.2) is 26.8 Å². The van der Waals surface area contributed by atoms with Crippen LogP contribution in [0.5, 0.6) is 0 Å². The van der Waals surface area contributed by atoms with Crippen molar-refractivity contribution in [2.45, 2.75) is 64.8 Å². The minimum Gasteiger partial charge on any atom is -0.308 e. The molecule has 0 radical (unpaired) electrons. The molecule has 0 aliphatic rings. The maximum atomic E-state index is 4.51. The number of halogens is 1. The summed E-state index contributed by atoms with van der Waals surface area (Å²) < 4.78 is 3.51. The van der Waals surface area contributed by atoms with Crippen LogP contribution in [-0.2, 0) is 0 Å². The average Bonchev–Trinajstić information content (AvgIpc) is 2.70. The van der Waals surface area contributed by atoms with Gasteiger partial charge in [-0.15, -0.1) is 0 Å². The van der Waals surface area contributed by atoms with Crippen LogP contribution in [0.25, 0.3) is 0 Å². The van der Waals surface area contributed by atoms with Gasteiger partial charge >= 0.3 is 0 Å². The molecule has 1 N–H and O–H groups in total. The molecule has 116 valence electrons. The number of thioether (sulfide) groups is 1. The Labute approximate surface area is 136 Å². The van der Waals surface area contributed by atoms with Gasteiger partial charge in [0, 0.05) is 16.5 Å². The third kappa shape index (κ3) is 5.41. The zero-order chi connectivity index (χ0) is 15.3. The number of aromatic nitrogens is 2. The first-order valence-electron chi connectivity index (χ1n) is 7.36. The zero-order valence-electron chi connectivity index (χ0n) is 13.5. The molecule has 0 bridgehead atoms. The molecule has 0 aliphatic carbocycles. The van der Waals surface area contributed by atoms with Gasteiger partial charge in [0.25, 0.3) is 0 Å². The molecule has 1 rings (SSSR count). The van der Waals surface area contributed by atoms with Crippen molar-refractivity contribution < 1.29 is 0 Å². The van der Waals surface area contributed by atoms with E-state index < -0.39 is 0 Å². The van der Waals surface area contributed by atoms with E-state index in [1.165, 1.54) is 5.69 Å². The molecule has 1 heterocycles. The van der Waals surface area contributed by atoms with Crippen molar-refractivity contribution in [1.82, 2.24) is 15.1 Å². The Morgan fingerprint density at radius 3 is 2.55 bits per heavy atom. The van der Waals surface area contributed by atoms with Gasteiger partial charge in [-0.3, -0.25) is 4.68 Å². The molecule has 0 fully saturated rings. The monoisotopic (exact) mass is 361 g/mol. The fraction of sp³-hybridized carbons (Fsp3) is 0.800. The van der Waals surface area contributed by atoms with Gasteiger partial charge in [0.05, 0.1) is 22.4 Å².